The minimum Gasteiger partial charge on any atom is -0.271 e. The molecule has 0 bridgehead atoms. The number of halogens is 1. The molecule has 0 saturated carbocycles. The summed E-state index contributed by atoms with van der Waals surface area (Å²) in [4.78, 5) is 0.292. The monoisotopic (exact) mass is 308 g/mol. The third kappa shape index (κ3) is 4.25. The van der Waals surface area contributed by atoms with Crippen LogP contribution >= 0.6 is 15.9 Å². The van der Waals surface area contributed by atoms with E-state index in [2.05, 4.69) is 28.0 Å². The van der Waals surface area contributed by atoms with E-state index in [4.69, 9.17) is 0 Å². The van der Waals surface area contributed by atoms with Gasteiger partial charge in [-0.05, 0) is 18.8 Å². The van der Waals surface area contributed by atoms with Crippen molar-refractivity contribution in [2.75, 3.05) is 11.6 Å². The minimum absolute atomic E-state index is 0.292. The lowest BCUT2D eigenvalue weighted by Gasteiger charge is -2.08. The summed E-state index contributed by atoms with van der Waals surface area (Å²) in [6.07, 6.45) is 6.33. The Morgan fingerprint density at radius 1 is 1.50 bits per heavy atom. The summed E-state index contributed by atoms with van der Waals surface area (Å²) in [6, 6.07) is 0. The maximum Gasteiger partial charge on any atom is 0.178 e. The Bertz CT molecular complexity index is 428. The summed E-state index contributed by atoms with van der Waals surface area (Å²) in [5.74, 6) is 0.616. The number of nitrogens with zero attached hydrogens (tertiary/aromatic N) is 2. The van der Waals surface area contributed by atoms with Crippen molar-refractivity contribution < 1.29 is 8.42 Å². The fourth-order valence-electron chi connectivity index (χ4n) is 1.34. The third-order valence-corrected chi connectivity index (χ3v) is 4.02. The Hall–Kier alpha value is -0.360. The zero-order valence-electron chi connectivity index (χ0n) is 9.56. The van der Waals surface area contributed by atoms with Crippen LogP contribution in [-0.2, 0) is 16.4 Å². The number of aromatic nitrogens is 2. The maximum absolute atomic E-state index is 11.2. The van der Waals surface area contributed by atoms with E-state index in [0.29, 0.717) is 10.8 Å². The first kappa shape index (κ1) is 13.7. The quantitative estimate of drug-likeness (QED) is 0.756. The Morgan fingerprint density at radius 2 is 2.19 bits per heavy atom. The smallest absolute Gasteiger partial charge is 0.178 e. The molecule has 0 aliphatic heterocycles. The average molecular weight is 309 g/mol. The van der Waals surface area contributed by atoms with Crippen LogP contribution in [0.1, 0.15) is 19.8 Å². The number of alkyl halides is 1. The summed E-state index contributed by atoms with van der Waals surface area (Å²) in [5, 5.41) is 5.04. The number of aryl methyl sites for hydroxylation is 1. The van der Waals surface area contributed by atoms with Crippen LogP contribution in [-0.4, -0.2) is 29.8 Å². The number of sulfone groups is 1. The van der Waals surface area contributed by atoms with Gasteiger partial charge >= 0.3 is 0 Å². The van der Waals surface area contributed by atoms with Gasteiger partial charge in [0.1, 0.15) is 4.90 Å². The van der Waals surface area contributed by atoms with E-state index in [9.17, 15) is 8.42 Å². The van der Waals surface area contributed by atoms with Crippen molar-refractivity contribution in [1.29, 1.82) is 0 Å². The maximum atomic E-state index is 11.2. The highest BCUT2D eigenvalue weighted by Crippen LogP contribution is 2.12. The van der Waals surface area contributed by atoms with Gasteiger partial charge in [0, 0.05) is 24.3 Å². The summed E-state index contributed by atoms with van der Waals surface area (Å²) in [7, 11) is -3.12. The van der Waals surface area contributed by atoms with Crippen molar-refractivity contribution in [2.45, 2.75) is 31.2 Å². The first-order chi connectivity index (χ1) is 7.43. The van der Waals surface area contributed by atoms with Crippen LogP contribution in [0.5, 0.6) is 0 Å². The Morgan fingerprint density at radius 3 is 2.69 bits per heavy atom. The van der Waals surface area contributed by atoms with Crippen LogP contribution in [0, 0.1) is 5.92 Å². The van der Waals surface area contributed by atoms with Gasteiger partial charge in [-0.3, -0.25) is 4.68 Å². The molecule has 0 aliphatic carbocycles. The molecule has 0 radical (unpaired) electrons. The Kier molecular flexibility index (Phi) is 4.98. The lowest BCUT2D eigenvalue weighted by atomic mass is 10.1. The lowest BCUT2D eigenvalue weighted by molar-refractivity contribution is 0.451. The second kappa shape index (κ2) is 5.82. The van der Waals surface area contributed by atoms with E-state index in [-0.39, 0.29) is 0 Å². The average Bonchev–Trinajstić information content (AvgIpc) is 2.63. The highest BCUT2D eigenvalue weighted by Gasteiger charge is 2.10. The molecule has 1 heterocycles. The molecular weight excluding hydrogens is 292 g/mol. The van der Waals surface area contributed by atoms with Crippen LogP contribution in [0.2, 0.25) is 0 Å². The lowest BCUT2D eigenvalue weighted by Crippen LogP contribution is -2.04. The van der Waals surface area contributed by atoms with Crippen molar-refractivity contribution in [1.82, 2.24) is 9.78 Å². The topological polar surface area (TPSA) is 52.0 Å². The molecule has 1 atom stereocenters. The predicted molar refractivity (Wildman–Crippen MR) is 67.5 cm³/mol. The molecule has 0 saturated heterocycles. The number of rotatable bonds is 6. The largest absolute Gasteiger partial charge is 0.271 e. The molecule has 16 heavy (non-hydrogen) atoms. The van der Waals surface area contributed by atoms with E-state index in [1.54, 1.807) is 10.9 Å². The van der Waals surface area contributed by atoms with Crippen molar-refractivity contribution in [3.05, 3.63) is 12.4 Å². The highest BCUT2D eigenvalue weighted by atomic mass is 79.9. The van der Waals surface area contributed by atoms with E-state index < -0.39 is 9.84 Å². The first-order valence-corrected chi connectivity index (χ1v) is 8.23. The van der Waals surface area contributed by atoms with Crippen LogP contribution < -0.4 is 0 Å². The summed E-state index contributed by atoms with van der Waals surface area (Å²) < 4.78 is 24.2. The van der Waals surface area contributed by atoms with E-state index in [1.807, 2.05) is 0 Å². The molecule has 0 aromatic carbocycles. The second-order valence-corrected chi connectivity index (χ2v) is 6.89. The van der Waals surface area contributed by atoms with Gasteiger partial charge in [-0.1, -0.05) is 22.9 Å². The van der Waals surface area contributed by atoms with Gasteiger partial charge in [0.2, 0.25) is 0 Å². The molecule has 0 N–H and O–H groups in total. The SMILES string of the molecule is CC(CCBr)CCn1cc(S(C)(=O)=O)cn1. The van der Waals surface area contributed by atoms with E-state index in [0.717, 1.165) is 24.7 Å². The van der Waals surface area contributed by atoms with Gasteiger partial charge in [-0.15, -0.1) is 0 Å². The first-order valence-electron chi connectivity index (χ1n) is 5.22. The molecule has 0 amide bonds. The van der Waals surface area contributed by atoms with Crippen molar-refractivity contribution in [3.8, 4) is 0 Å². The fraction of sp³-hybridized carbons (Fsp3) is 0.700. The second-order valence-electron chi connectivity index (χ2n) is 4.08. The molecule has 1 unspecified atom stereocenters. The Labute approximate surface area is 105 Å². The fourth-order valence-corrected chi connectivity index (χ4v) is 2.67. The summed E-state index contributed by atoms with van der Waals surface area (Å²) in [6.45, 7) is 2.95. The highest BCUT2D eigenvalue weighted by molar-refractivity contribution is 9.09. The van der Waals surface area contributed by atoms with Gasteiger partial charge in [0.25, 0.3) is 0 Å². The molecular formula is C10H17BrN2O2S. The van der Waals surface area contributed by atoms with Crippen LogP contribution in [0.4, 0.5) is 0 Å². The van der Waals surface area contributed by atoms with Crippen molar-refractivity contribution in [2.24, 2.45) is 5.92 Å². The molecule has 0 aliphatic rings. The molecule has 0 spiro atoms. The normalized spacial score (nSPS) is 13.9. The van der Waals surface area contributed by atoms with Gasteiger partial charge in [0.05, 0.1) is 6.20 Å². The van der Waals surface area contributed by atoms with Gasteiger partial charge in [0.15, 0.2) is 9.84 Å². The van der Waals surface area contributed by atoms with E-state index in [1.165, 1.54) is 12.5 Å². The van der Waals surface area contributed by atoms with Gasteiger partial charge < -0.3 is 0 Å². The van der Waals surface area contributed by atoms with Crippen molar-refractivity contribution in [3.63, 3.8) is 0 Å². The zero-order valence-corrected chi connectivity index (χ0v) is 12.0. The van der Waals surface area contributed by atoms with Crippen LogP contribution in [0.3, 0.4) is 0 Å². The predicted octanol–water partition coefficient (Wildman–Crippen LogP) is 2.10. The van der Waals surface area contributed by atoms with Crippen LogP contribution in [0.25, 0.3) is 0 Å². The van der Waals surface area contributed by atoms with Crippen LogP contribution in [0.15, 0.2) is 17.3 Å². The molecule has 92 valence electrons. The van der Waals surface area contributed by atoms with E-state index >= 15 is 0 Å². The molecule has 4 nitrogen and oxygen atoms in total. The molecule has 6 heteroatoms. The molecule has 1 aromatic heterocycles. The third-order valence-electron chi connectivity index (χ3n) is 2.49. The minimum atomic E-state index is -3.12. The zero-order chi connectivity index (χ0) is 12.2. The molecule has 0 fully saturated rings. The summed E-state index contributed by atoms with van der Waals surface area (Å²) >= 11 is 3.40. The van der Waals surface area contributed by atoms with Crippen molar-refractivity contribution >= 4 is 25.8 Å². The Balaban J connectivity index is 2.53. The summed E-state index contributed by atoms with van der Waals surface area (Å²) in [5.41, 5.74) is 0. The standard InChI is InChI=1S/C10H17BrN2O2S/c1-9(3-5-11)4-6-13-8-10(7-12-13)16(2,14)15/h7-9H,3-6H2,1-2H3. The van der Waals surface area contributed by atoms with Gasteiger partial charge in [-0.25, -0.2) is 8.42 Å². The number of hydrogen-bond acceptors (Lipinski definition) is 3. The molecule has 1 aromatic rings. The molecule has 1 rings (SSSR count). The van der Waals surface area contributed by atoms with Gasteiger partial charge in [-0.2, -0.15) is 5.10 Å². The number of hydrogen-bond donors (Lipinski definition) is 0.